The molecule has 32 heavy (non-hydrogen) atoms. The number of para-hydroxylation sites is 1. The van der Waals surface area contributed by atoms with Gasteiger partial charge in [-0.15, -0.1) is 0 Å². The van der Waals surface area contributed by atoms with Crippen molar-refractivity contribution >= 4 is 34.7 Å². The lowest BCUT2D eigenvalue weighted by Gasteiger charge is -2.10. The van der Waals surface area contributed by atoms with Crippen molar-refractivity contribution in [1.29, 1.82) is 0 Å². The van der Waals surface area contributed by atoms with E-state index in [4.69, 9.17) is 4.74 Å². The largest absolute Gasteiger partial charge is 0.497 e. The summed E-state index contributed by atoms with van der Waals surface area (Å²) in [6.45, 7) is 0. The van der Waals surface area contributed by atoms with E-state index >= 15 is 0 Å². The van der Waals surface area contributed by atoms with Gasteiger partial charge in [0, 0.05) is 24.0 Å². The van der Waals surface area contributed by atoms with E-state index < -0.39 is 5.91 Å². The van der Waals surface area contributed by atoms with Crippen LogP contribution in [0.25, 0.3) is 5.57 Å². The lowest BCUT2D eigenvalue weighted by atomic mass is 10.0. The maximum absolute atomic E-state index is 12.7. The van der Waals surface area contributed by atoms with Crippen LogP contribution >= 0.6 is 0 Å². The first-order valence-corrected chi connectivity index (χ1v) is 9.92. The zero-order valence-electron chi connectivity index (χ0n) is 17.6. The Morgan fingerprint density at radius 2 is 1.47 bits per heavy atom. The van der Waals surface area contributed by atoms with Crippen LogP contribution in [0.15, 0.2) is 84.6 Å². The van der Waals surface area contributed by atoms with Crippen molar-refractivity contribution in [2.75, 3.05) is 24.8 Å². The van der Waals surface area contributed by atoms with Gasteiger partial charge in [-0.25, -0.2) is 0 Å². The molecule has 0 atom stereocenters. The summed E-state index contributed by atoms with van der Waals surface area (Å²) in [7, 11) is 3.00. The van der Waals surface area contributed by atoms with Crippen molar-refractivity contribution in [1.82, 2.24) is 4.90 Å². The summed E-state index contributed by atoms with van der Waals surface area (Å²) < 4.78 is 5.16. The molecule has 4 rings (SSSR count). The van der Waals surface area contributed by atoms with Gasteiger partial charge in [-0.05, 0) is 54.1 Å². The second-order valence-electron chi connectivity index (χ2n) is 7.17. The monoisotopic (exact) mass is 427 g/mol. The van der Waals surface area contributed by atoms with Gasteiger partial charge in [0.1, 0.15) is 11.4 Å². The van der Waals surface area contributed by atoms with E-state index in [0.29, 0.717) is 28.3 Å². The molecule has 0 saturated heterocycles. The molecule has 0 aliphatic carbocycles. The van der Waals surface area contributed by atoms with Crippen molar-refractivity contribution in [3.05, 3.63) is 95.7 Å². The number of amides is 3. The predicted molar refractivity (Wildman–Crippen MR) is 122 cm³/mol. The minimum atomic E-state index is -0.424. The molecule has 3 aromatic carbocycles. The van der Waals surface area contributed by atoms with Gasteiger partial charge in [-0.1, -0.05) is 30.3 Å². The highest BCUT2D eigenvalue weighted by Gasteiger charge is 2.36. The second-order valence-corrected chi connectivity index (χ2v) is 7.17. The topological polar surface area (TPSA) is 87.7 Å². The molecular formula is C25H21N3O4. The standard InChI is InChI=1S/C25H21N3O4/c1-28-24(30)21(16-10-14-20(32-2)15-11-16)22(25(28)31)26-19-12-8-17(9-13-19)23(29)27-18-6-4-3-5-7-18/h3-15,26H,1-2H3,(H,27,29). The molecule has 3 aromatic rings. The molecule has 0 saturated carbocycles. The van der Waals surface area contributed by atoms with Crippen LogP contribution in [-0.4, -0.2) is 36.8 Å². The first-order chi connectivity index (χ1) is 15.5. The van der Waals surface area contributed by atoms with E-state index in [2.05, 4.69) is 10.6 Å². The number of carbonyl (C=O) groups excluding carboxylic acids is 3. The van der Waals surface area contributed by atoms with E-state index in [1.165, 1.54) is 7.05 Å². The van der Waals surface area contributed by atoms with Gasteiger partial charge in [0.15, 0.2) is 0 Å². The Balaban J connectivity index is 1.58. The van der Waals surface area contributed by atoms with Crippen LogP contribution in [-0.2, 0) is 9.59 Å². The van der Waals surface area contributed by atoms with Crippen molar-refractivity contribution in [2.45, 2.75) is 0 Å². The highest BCUT2D eigenvalue weighted by molar-refractivity contribution is 6.36. The van der Waals surface area contributed by atoms with E-state index in [1.54, 1.807) is 67.8 Å². The van der Waals surface area contributed by atoms with Gasteiger partial charge < -0.3 is 15.4 Å². The fourth-order valence-corrected chi connectivity index (χ4v) is 3.36. The normalized spacial score (nSPS) is 13.4. The van der Waals surface area contributed by atoms with Crippen LogP contribution in [0, 0.1) is 0 Å². The van der Waals surface area contributed by atoms with E-state index in [9.17, 15) is 14.4 Å². The summed E-state index contributed by atoms with van der Waals surface area (Å²) in [5.41, 5.74) is 2.82. The third-order valence-corrected chi connectivity index (χ3v) is 5.11. The highest BCUT2D eigenvalue weighted by atomic mass is 16.5. The lowest BCUT2D eigenvalue weighted by Crippen LogP contribution is -2.27. The summed E-state index contributed by atoms with van der Waals surface area (Å²) in [4.78, 5) is 38.9. The van der Waals surface area contributed by atoms with Crippen LogP contribution in [0.2, 0.25) is 0 Å². The Morgan fingerprint density at radius 1 is 0.812 bits per heavy atom. The average Bonchev–Trinajstić information content (AvgIpc) is 3.03. The number of hydrogen-bond acceptors (Lipinski definition) is 5. The molecule has 0 fully saturated rings. The first-order valence-electron chi connectivity index (χ1n) is 9.92. The van der Waals surface area contributed by atoms with Gasteiger partial charge in [0.2, 0.25) is 0 Å². The van der Waals surface area contributed by atoms with E-state index in [1.807, 2.05) is 18.2 Å². The molecule has 0 radical (unpaired) electrons. The molecule has 7 nitrogen and oxygen atoms in total. The minimum Gasteiger partial charge on any atom is -0.497 e. The molecular weight excluding hydrogens is 406 g/mol. The number of nitrogens with one attached hydrogen (secondary N) is 2. The predicted octanol–water partition coefficient (Wildman–Crippen LogP) is 3.77. The minimum absolute atomic E-state index is 0.184. The van der Waals surface area contributed by atoms with Crippen LogP contribution in [0.1, 0.15) is 15.9 Å². The molecule has 0 bridgehead atoms. The average molecular weight is 427 g/mol. The van der Waals surface area contributed by atoms with Crippen LogP contribution < -0.4 is 15.4 Å². The summed E-state index contributed by atoms with van der Waals surface area (Å²) in [6, 6.07) is 22.8. The van der Waals surface area contributed by atoms with Crippen molar-refractivity contribution < 1.29 is 19.1 Å². The second kappa shape index (κ2) is 8.77. The molecule has 1 aliphatic rings. The summed E-state index contributed by atoms with van der Waals surface area (Å²) in [5.74, 6) is -0.403. The highest BCUT2D eigenvalue weighted by Crippen LogP contribution is 2.30. The van der Waals surface area contributed by atoms with Crippen LogP contribution in [0.3, 0.4) is 0 Å². The summed E-state index contributed by atoms with van der Waals surface area (Å²) >= 11 is 0. The Kier molecular flexibility index (Phi) is 5.72. The number of benzene rings is 3. The molecule has 2 N–H and O–H groups in total. The van der Waals surface area contributed by atoms with E-state index in [0.717, 1.165) is 4.90 Å². The number of hydrogen-bond donors (Lipinski definition) is 2. The summed E-state index contributed by atoms with van der Waals surface area (Å²) in [5, 5.41) is 5.87. The smallest absolute Gasteiger partial charge is 0.277 e. The molecule has 7 heteroatoms. The molecule has 0 unspecified atom stereocenters. The number of methoxy groups -OCH3 is 1. The molecule has 160 valence electrons. The number of carbonyl (C=O) groups is 3. The van der Waals surface area contributed by atoms with Crippen LogP contribution in [0.4, 0.5) is 11.4 Å². The molecule has 1 heterocycles. The molecule has 3 amide bonds. The maximum Gasteiger partial charge on any atom is 0.277 e. The third-order valence-electron chi connectivity index (χ3n) is 5.11. The fraction of sp³-hybridized carbons (Fsp3) is 0.0800. The van der Waals surface area contributed by atoms with Gasteiger partial charge in [-0.2, -0.15) is 0 Å². The maximum atomic E-state index is 12.7. The van der Waals surface area contributed by atoms with Crippen LogP contribution in [0.5, 0.6) is 5.75 Å². The Bertz CT molecular complexity index is 1200. The fourth-order valence-electron chi connectivity index (χ4n) is 3.36. The number of ether oxygens (including phenoxy) is 1. The number of likely N-dealkylation sites (N-methyl/N-ethyl adjacent to an activating group) is 1. The number of rotatable bonds is 6. The van der Waals surface area contributed by atoms with Crippen molar-refractivity contribution in [3.63, 3.8) is 0 Å². The third kappa shape index (κ3) is 4.09. The van der Waals surface area contributed by atoms with Gasteiger partial charge in [0.05, 0.1) is 12.7 Å². The number of imide groups is 1. The molecule has 0 aromatic heterocycles. The van der Waals surface area contributed by atoms with Gasteiger partial charge >= 0.3 is 0 Å². The quantitative estimate of drug-likeness (QED) is 0.585. The number of anilines is 2. The Morgan fingerprint density at radius 3 is 2.09 bits per heavy atom. The van der Waals surface area contributed by atoms with Gasteiger partial charge in [-0.3, -0.25) is 19.3 Å². The molecule has 1 aliphatic heterocycles. The first kappa shape index (κ1) is 20.9. The molecule has 0 spiro atoms. The van der Waals surface area contributed by atoms with E-state index in [-0.39, 0.29) is 23.1 Å². The number of nitrogens with zero attached hydrogens (tertiary/aromatic N) is 1. The Labute approximate surface area is 185 Å². The van der Waals surface area contributed by atoms with Gasteiger partial charge in [0.25, 0.3) is 17.7 Å². The zero-order valence-corrected chi connectivity index (χ0v) is 17.6. The lowest BCUT2D eigenvalue weighted by molar-refractivity contribution is -0.135. The Hall–Kier alpha value is -4.39. The zero-order chi connectivity index (χ0) is 22.7. The van der Waals surface area contributed by atoms with Crippen molar-refractivity contribution in [2.24, 2.45) is 0 Å². The van der Waals surface area contributed by atoms with Crippen molar-refractivity contribution in [3.8, 4) is 5.75 Å². The summed E-state index contributed by atoms with van der Waals surface area (Å²) in [6.07, 6.45) is 0. The SMILES string of the molecule is COc1ccc(C2=C(Nc3ccc(C(=O)Nc4ccccc4)cc3)C(=O)N(C)C2=O)cc1.